The molecule has 0 aliphatic heterocycles. The van der Waals surface area contributed by atoms with Crippen LogP contribution in [0.15, 0.2) is 18.3 Å². The highest BCUT2D eigenvalue weighted by atomic mass is 16.6. The number of carbonyl (C=O) groups excluding carboxylic acids is 1. The van der Waals surface area contributed by atoms with Crippen molar-refractivity contribution in [3.8, 4) is 0 Å². The summed E-state index contributed by atoms with van der Waals surface area (Å²) >= 11 is 0. The van der Waals surface area contributed by atoms with Crippen LogP contribution in [-0.2, 0) is 11.3 Å². The van der Waals surface area contributed by atoms with Gasteiger partial charge < -0.3 is 15.0 Å². The molecule has 0 fully saturated rings. The summed E-state index contributed by atoms with van der Waals surface area (Å²) in [6, 6.07) is 4.06. The Morgan fingerprint density at radius 3 is 2.35 bits per heavy atom. The molecule has 0 aliphatic rings. The van der Waals surface area contributed by atoms with E-state index in [1.165, 1.54) is 0 Å². The van der Waals surface area contributed by atoms with Gasteiger partial charge in [0.1, 0.15) is 5.60 Å². The summed E-state index contributed by atoms with van der Waals surface area (Å²) in [7, 11) is 0. The maximum absolute atomic E-state index is 12.4. The van der Waals surface area contributed by atoms with Gasteiger partial charge in [-0.3, -0.25) is 4.98 Å². The molecule has 0 aromatic carbocycles. The standard InChI is InChI=1S/C18H31N3O2/c1-14-8-9-15(13-20-14)12-19-10-11-21(17(2,3)4)16(22)23-18(5,6)7/h8-9,13,19H,10-12H2,1-7H3. The van der Waals surface area contributed by atoms with E-state index in [0.29, 0.717) is 13.1 Å². The van der Waals surface area contributed by atoms with Gasteiger partial charge in [0.15, 0.2) is 0 Å². The fourth-order valence-electron chi connectivity index (χ4n) is 2.04. The van der Waals surface area contributed by atoms with Gasteiger partial charge in [0.2, 0.25) is 0 Å². The van der Waals surface area contributed by atoms with E-state index in [1.54, 1.807) is 4.90 Å². The number of carbonyl (C=O) groups is 1. The van der Waals surface area contributed by atoms with Gasteiger partial charge in [-0.2, -0.15) is 0 Å². The largest absolute Gasteiger partial charge is 0.444 e. The Morgan fingerprint density at radius 1 is 1.22 bits per heavy atom. The van der Waals surface area contributed by atoms with E-state index in [2.05, 4.69) is 16.4 Å². The predicted octanol–water partition coefficient (Wildman–Crippen LogP) is 3.52. The fraction of sp³-hybridized carbons (Fsp3) is 0.667. The zero-order valence-electron chi connectivity index (χ0n) is 15.6. The Morgan fingerprint density at radius 2 is 1.87 bits per heavy atom. The van der Waals surface area contributed by atoms with Crippen molar-refractivity contribution < 1.29 is 9.53 Å². The topological polar surface area (TPSA) is 54.5 Å². The summed E-state index contributed by atoms with van der Waals surface area (Å²) in [5.41, 5.74) is 1.38. The Bertz CT molecular complexity index is 498. The smallest absolute Gasteiger partial charge is 0.410 e. The average Bonchev–Trinajstić information content (AvgIpc) is 2.37. The minimum absolute atomic E-state index is 0.274. The number of ether oxygens (including phenoxy) is 1. The van der Waals surface area contributed by atoms with Crippen molar-refractivity contribution in [3.05, 3.63) is 29.6 Å². The normalized spacial score (nSPS) is 12.1. The number of nitrogens with one attached hydrogen (secondary N) is 1. The first-order valence-corrected chi connectivity index (χ1v) is 8.12. The second-order valence-corrected chi connectivity index (χ2v) is 7.79. The lowest BCUT2D eigenvalue weighted by Crippen LogP contribution is -2.50. The number of nitrogens with zero attached hydrogens (tertiary/aromatic N) is 2. The second kappa shape index (κ2) is 7.77. The summed E-state index contributed by atoms with van der Waals surface area (Å²) in [6.45, 7) is 15.7. The molecule has 130 valence electrons. The highest BCUT2D eigenvalue weighted by Crippen LogP contribution is 2.17. The van der Waals surface area contributed by atoms with Gasteiger partial charge in [0.05, 0.1) is 0 Å². The van der Waals surface area contributed by atoms with E-state index in [9.17, 15) is 4.79 Å². The first kappa shape index (κ1) is 19.4. The Kier molecular flexibility index (Phi) is 6.57. The van der Waals surface area contributed by atoms with Gasteiger partial charge in [-0.15, -0.1) is 0 Å². The lowest BCUT2D eigenvalue weighted by atomic mass is 10.1. The summed E-state index contributed by atoms with van der Waals surface area (Å²) in [4.78, 5) is 18.4. The van der Waals surface area contributed by atoms with Crippen LogP contribution in [0.2, 0.25) is 0 Å². The summed E-state index contributed by atoms with van der Waals surface area (Å²) in [6.07, 6.45) is 1.60. The molecule has 0 saturated heterocycles. The Labute approximate surface area is 140 Å². The zero-order chi connectivity index (χ0) is 17.7. The van der Waals surface area contributed by atoms with E-state index >= 15 is 0 Å². The van der Waals surface area contributed by atoms with Crippen molar-refractivity contribution in [2.45, 2.75) is 66.2 Å². The number of amides is 1. The molecule has 1 amide bonds. The van der Waals surface area contributed by atoms with E-state index < -0.39 is 5.60 Å². The van der Waals surface area contributed by atoms with Gasteiger partial charge in [-0.05, 0) is 60.1 Å². The molecule has 0 bridgehead atoms. The molecule has 5 nitrogen and oxygen atoms in total. The maximum Gasteiger partial charge on any atom is 0.410 e. The monoisotopic (exact) mass is 321 g/mol. The van der Waals surface area contributed by atoms with Crippen LogP contribution in [-0.4, -0.2) is 40.2 Å². The fourth-order valence-corrected chi connectivity index (χ4v) is 2.04. The number of pyridine rings is 1. The summed E-state index contributed by atoms with van der Waals surface area (Å²) in [5, 5.41) is 3.35. The van der Waals surface area contributed by atoms with Crippen molar-refractivity contribution in [2.24, 2.45) is 0 Å². The molecule has 1 aromatic heterocycles. The summed E-state index contributed by atoms with van der Waals surface area (Å²) in [5.74, 6) is 0. The Hall–Kier alpha value is -1.62. The molecular weight excluding hydrogens is 290 g/mol. The third-order valence-electron chi connectivity index (χ3n) is 3.24. The quantitative estimate of drug-likeness (QED) is 0.843. The van der Waals surface area contributed by atoms with Crippen LogP contribution >= 0.6 is 0 Å². The first-order valence-electron chi connectivity index (χ1n) is 8.12. The van der Waals surface area contributed by atoms with E-state index in [0.717, 1.165) is 17.8 Å². The molecule has 1 N–H and O–H groups in total. The second-order valence-electron chi connectivity index (χ2n) is 7.79. The number of hydrogen-bond donors (Lipinski definition) is 1. The molecule has 0 atom stereocenters. The molecule has 0 saturated carbocycles. The zero-order valence-corrected chi connectivity index (χ0v) is 15.6. The maximum atomic E-state index is 12.4. The number of hydrogen-bond acceptors (Lipinski definition) is 4. The van der Waals surface area contributed by atoms with E-state index in [4.69, 9.17) is 4.74 Å². The molecule has 0 aliphatic carbocycles. The predicted molar refractivity (Wildman–Crippen MR) is 93.4 cm³/mol. The van der Waals surface area contributed by atoms with Crippen LogP contribution in [0, 0.1) is 6.92 Å². The third kappa shape index (κ3) is 7.46. The van der Waals surface area contributed by atoms with Crippen molar-refractivity contribution in [3.63, 3.8) is 0 Å². The van der Waals surface area contributed by atoms with Crippen LogP contribution in [0.3, 0.4) is 0 Å². The van der Waals surface area contributed by atoms with Gasteiger partial charge in [0.25, 0.3) is 0 Å². The van der Waals surface area contributed by atoms with Crippen molar-refractivity contribution in [1.82, 2.24) is 15.2 Å². The van der Waals surface area contributed by atoms with E-state index in [-0.39, 0.29) is 11.6 Å². The average molecular weight is 321 g/mol. The van der Waals surface area contributed by atoms with Gasteiger partial charge >= 0.3 is 6.09 Å². The molecule has 1 heterocycles. The van der Waals surface area contributed by atoms with Crippen molar-refractivity contribution in [1.29, 1.82) is 0 Å². The Balaban J connectivity index is 2.52. The van der Waals surface area contributed by atoms with Crippen LogP contribution in [0.5, 0.6) is 0 Å². The van der Waals surface area contributed by atoms with Gasteiger partial charge in [-0.25, -0.2) is 4.79 Å². The lowest BCUT2D eigenvalue weighted by molar-refractivity contribution is 0.00663. The van der Waals surface area contributed by atoms with Crippen LogP contribution in [0.4, 0.5) is 4.79 Å². The first-order chi connectivity index (χ1) is 10.5. The molecule has 1 rings (SSSR count). The third-order valence-corrected chi connectivity index (χ3v) is 3.24. The minimum Gasteiger partial charge on any atom is -0.444 e. The van der Waals surface area contributed by atoms with Crippen molar-refractivity contribution >= 4 is 6.09 Å². The van der Waals surface area contributed by atoms with Gasteiger partial charge in [0, 0.05) is 37.1 Å². The SMILES string of the molecule is Cc1ccc(CNCCN(C(=O)OC(C)(C)C)C(C)(C)C)cn1. The highest BCUT2D eigenvalue weighted by molar-refractivity contribution is 5.69. The molecule has 0 spiro atoms. The number of aromatic nitrogens is 1. The molecule has 1 aromatic rings. The van der Waals surface area contributed by atoms with E-state index in [1.807, 2.05) is 60.7 Å². The minimum atomic E-state index is -0.485. The van der Waals surface area contributed by atoms with Crippen LogP contribution < -0.4 is 5.32 Å². The number of rotatable bonds is 5. The van der Waals surface area contributed by atoms with Crippen LogP contribution in [0.1, 0.15) is 52.8 Å². The van der Waals surface area contributed by atoms with Gasteiger partial charge in [-0.1, -0.05) is 6.07 Å². The van der Waals surface area contributed by atoms with Crippen molar-refractivity contribution in [2.75, 3.05) is 13.1 Å². The molecule has 5 heteroatoms. The molecule has 0 unspecified atom stereocenters. The molecular formula is C18H31N3O2. The number of aryl methyl sites for hydroxylation is 1. The molecule has 0 radical (unpaired) electrons. The highest BCUT2D eigenvalue weighted by Gasteiger charge is 2.30. The molecule has 23 heavy (non-hydrogen) atoms. The lowest BCUT2D eigenvalue weighted by Gasteiger charge is -2.36. The summed E-state index contributed by atoms with van der Waals surface area (Å²) < 4.78 is 5.50. The van der Waals surface area contributed by atoms with Crippen LogP contribution in [0.25, 0.3) is 0 Å².